The number of hydrogen-bond acceptors (Lipinski definition) is 3. The lowest BCUT2D eigenvalue weighted by Gasteiger charge is -2.11. The predicted octanol–water partition coefficient (Wildman–Crippen LogP) is 2.64. The molecule has 0 spiro atoms. The molecule has 2 aromatic heterocycles. The molecule has 1 aliphatic rings. The highest BCUT2D eigenvalue weighted by Crippen LogP contribution is 2.32. The second-order valence-electron chi connectivity index (χ2n) is 4.57. The van der Waals surface area contributed by atoms with Crippen LogP contribution in [-0.2, 0) is 0 Å². The zero-order valence-corrected chi connectivity index (χ0v) is 9.71. The lowest BCUT2D eigenvalue weighted by Crippen LogP contribution is -2.09. The minimum absolute atomic E-state index is 0.491. The summed E-state index contributed by atoms with van der Waals surface area (Å²) in [4.78, 5) is 4.01. The van der Waals surface area contributed by atoms with E-state index >= 15 is 0 Å². The van der Waals surface area contributed by atoms with Crippen LogP contribution < -0.4 is 5.73 Å². The predicted molar refractivity (Wildman–Crippen MR) is 67.4 cm³/mol. The number of anilines is 1. The molecule has 0 atom stereocenters. The minimum atomic E-state index is 0.491. The third-order valence-corrected chi connectivity index (χ3v) is 3.41. The summed E-state index contributed by atoms with van der Waals surface area (Å²) in [5.74, 6) is 0.767. The molecule has 0 amide bonds. The number of nitrogen functional groups attached to an aromatic ring is 1. The van der Waals surface area contributed by atoms with Crippen molar-refractivity contribution in [3.63, 3.8) is 0 Å². The Morgan fingerprint density at radius 1 is 1.18 bits per heavy atom. The molecule has 0 bridgehead atoms. The van der Waals surface area contributed by atoms with E-state index in [2.05, 4.69) is 10.1 Å². The van der Waals surface area contributed by atoms with E-state index in [0.717, 1.165) is 17.1 Å². The first-order valence-electron chi connectivity index (χ1n) is 6.10. The zero-order chi connectivity index (χ0) is 11.7. The molecular weight excluding hydrogens is 212 g/mol. The van der Waals surface area contributed by atoms with Crippen molar-refractivity contribution in [1.82, 2.24) is 14.8 Å². The van der Waals surface area contributed by atoms with Gasteiger partial charge in [0.15, 0.2) is 0 Å². The Labute approximate surface area is 100 Å². The summed E-state index contributed by atoms with van der Waals surface area (Å²) in [6.07, 6.45) is 8.52. The molecule has 17 heavy (non-hydrogen) atoms. The van der Waals surface area contributed by atoms with Crippen molar-refractivity contribution >= 4 is 5.82 Å². The highest BCUT2D eigenvalue weighted by Gasteiger charge is 2.20. The summed E-state index contributed by atoms with van der Waals surface area (Å²) in [7, 11) is 0. The van der Waals surface area contributed by atoms with Gasteiger partial charge in [0.2, 0.25) is 0 Å². The Hall–Kier alpha value is -1.84. The molecular formula is C13H16N4. The van der Waals surface area contributed by atoms with E-state index in [1.807, 2.05) is 22.9 Å². The highest BCUT2D eigenvalue weighted by atomic mass is 15.3. The lowest BCUT2D eigenvalue weighted by atomic mass is 10.2. The lowest BCUT2D eigenvalue weighted by molar-refractivity contribution is 0.475. The number of rotatable bonds is 2. The molecule has 88 valence electrons. The normalized spacial score (nSPS) is 16.5. The van der Waals surface area contributed by atoms with E-state index in [0.29, 0.717) is 6.04 Å². The topological polar surface area (TPSA) is 56.7 Å². The fourth-order valence-corrected chi connectivity index (χ4v) is 2.51. The van der Waals surface area contributed by atoms with Crippen molar-refractivity contribution in [3.8, 4) is 11.3 Å². The molecule has 0 saturated heterocycles. The van der Waals surface area contributed by atoms with Gasteiger partial charge < -0.3 is 5.73 Å². The molecule has 2 aromatic rings. The van der Waals surface area contributed by atoms with E-state index in [1.54, 1.807) is 12.4 Å². The maximum Gasteiger partial charge on any atom is 0.122 e. The first-order valence-corrected chi connectivity index (χ1v) is 6.10. The first kappa shape index (κ1) is 10.3. The van der Waals surface area contributed by atoms with Crippen LogP contribution in [-0.4, -0.2) is 14.8 Å². The molecule has 0 unspecified atom stereocenters. The van der Waals surface area contributed by atoms with Crippen LogP contribution in [0.1, 0.15) is 31.7 Å². The third kappa shape index (κ3) is 1.90. The van der Waals surface area contributed by atoms with E-state index < -0.39 is 0 Å². The van der Waals surface area contributed by atoms with E-state index in [-0.39, 0.29) is 0 Å². The van der Waals surface area contributed by atoms with Gasteiger partial charge in [0, 0.05) is 24.0 Å². The molecule has 1 fully saturated rings. The van der Waals surface area contributed by atoms with Crippen LogP contribution in [0, 0.1) is 0 Å². The maximum absolute atomic E-state index is 6.04. The minimum Gasteiger partial charge on any atom is -0.384 e. The summed E-state index contributed by atoms with van der Waals surface area (Å²) in [5, 5.41) is 4.63. The van der Waals surface area contributed by atoms with Crippen LogP contribution in [0.5, 0.6) is 0 Å². The van der Waals surface area contributed by atoms with Gasteiger partial charge in [0.25, 0.3) is 0 Å². The van der Waals surface area contributed by atoms with Gasteiger partial charge in [-0.2, -0.15) is 5.10 Å². The van der Waals surface area contributed by atoms with Crippen LogP contribution in [0.15, 0.2) is 30.6 Å². The van der Waals surface area contributed by atoms with Crippen molar-refractivity contribution in [3.05, 3.63) is 30.6 Å². The van der Waals surface area contributed by atoms with Crippen LogP contribution in [0.25, 0.3) is 11.3 Å². The van der Waals surface area contributed by atoms with Crippen molar-refractivity contribution < 1.29 is 0 Å². The molecule has 4 heteroatoms. The van der Waals surface area contributed by atoms with Crippen molar-refractivity contribution in [1.29, 1.82) is 0 Å². The SMILES string of the molecule is Nc1cc(-c2ccncc2)nn1C1CCCC1. The maximum atomic E-state index is 6.04. The standard InChI is InChI=1S/C13H16N4/c14-13-9-12(10-5-7-15-8-6-10)16-17(13)11-3-1-2-4-11/h5-9,11H,1-4,14H2. The molecule has 1 aliphatic carbocycles. The summed E-state index contributed by atoms with van der Waals surface area (Å²) in [5.41, 5.74) is 8.06. The first-order chi connectivity index (χ1) is 8.34. The number of hydrogen-bond donors (Lipinski definition) is 1. The van der Waals surface area contributed by atoms with Crippen molar-refractivity contribution in [2.45, 2.75) is 31.7 Å². The molecule has 0 radical (unpaired) electrons. The van der Waals surface area contributed by atoms with Crippen LogP contribution >= 0.6 is 0 Å². The zero-order valence-electron chi connectivity index (χ0n) is 9.71. The second kappa shape index (κ2) is 4.20. The van der Waals surface area contributed by atoms with Crippen molar-refractivity contribution in [2.75, 3.05) is 5.73 Å². The summed E-state index contributed by atoms with van der Waals surface area (Å²) < 4.78 is 1.99. The van der Waals surface area contributed by atoms with Gasteiger partial charge >= 0.3 is 0 Å². The van der Waals surface area contributed by atoms with Crippen LogP contribution in [0.2, 0.25) is 0 Å². The molecule has 0 aliphatic heterocycles. The monoisotopic (exact) mass is 228 g/mol. The molecule has 4 nitrogen and oxygen atoms in total. The summed E-state index contributed by atoms with van der Waals surface area (Å²) >= 11 is 0. The summed E-state index contributed by atoms with van der Waals surface area (Å²) in [6.45, 7) is 0. The molecule has 2 N–H and O–H groups in total. The molecule has 3 rings (SSSR count). The Morgan fingerprint density at radius 2 is 1.88 bits per heavy atom. The Morgan fingerprint density at radius 3 is 2.59 bits per heavy atom. The smallest absolute Gasteiger partial charge is 0.122 e. The number of nitrogens with two attached hydrogens (primary N) is 1. The molecule has 1 saturated carbocycles. The van der Waals surface area contributed by atoms with E-state index in [9.17, 15) is 0 Å². The van der Waals surface area contributed by atoms with Gasteiger partial charge in [-0.05, 0) is 25.0 Å². The van der Waals surface area contributed by atoms with E-state index in [4.69, 9.17) is 5.73 Å². The van der Waals surface area contributed by atoms with Gasteiger partial charge in [-0.3, -0.25) is 4.98 Å². The number of aromatic nitrogens is 3. The highest BCUT2D eigenvalue weighted by molar-refractivity contribution is 5.61. The summed E-state index contributed by atoms with van der Waals surface area (Å²) in [6, 6.07) is 6.36. The Balaban J connectivity index is 1.95. The Bertz CT molecular complexity index is 497. The second-order valence-corrected chi connectivity index (χ2v) is 4.57. The fraction of sp³-hybridized carbons (Fsp3) is 0.385. The number of pyridine rings is 1. The van der Waals surface area contributed by atoms with Crippen LogP contribution in [0.4, 0.5) is 5.82 Å². The molecule has 0 aromatic carbocycles. The van der Waals surface area contributed by atoms with Gasteiger partial charge in [0.05, 0.1) is 11.7 Å². The average molecular weight is 228 g/mol. The largest absolute Gasteiger partial charge is 0.384 e. The van der Waals surface area contributed by atoms with Crippen molar-refractivity contribution in [2.24, 2.45) is 0 Å². The van der Waals surface area contributed by atoms with E-state index in [1.165, 1.54) is 25.7 Å². The number of nitrogens with zero attached hydrogens (tertiary/aromatic N) is 3. The van der Waals surface area contributed by atoms with Crippen LogP contribution in [0.3, 0.4) is 0 Å². The van der Waals surface area contributed by atoms with Gasteiger partial charge in [-0.25, -0.2) is 4.68 Å². The van der Waals surface area contributed by atoms with Gasteiger partial charge in [-0.15, -0.1) is 0 Å². The Kier molecular flexibility index (Phi) is 2.55. The van der Waals surface area contributed by atoms with Gasteiger partial charge in [0.1, 0.15) is 5.82 Å². The fourth-order valence-electron chi connectivity index (χ4n) is 2.51. The van der Waals surface area contributed by atoms with Gasteiger partial charge in [-0.1, -0.05) is 12.8 Å². The average Bonchev–Trinajstić information content (AvgIpc) is 2.99. The third-order valence-electron chi connectivity index (χ3n) is 3.41. The quantitative estimate of drug-likeness (QED) is 0.859. The molecule has 2 heterocycles.